The molecular weight excluding hydrogens is 442 g/mol. The zero-order chi connectivity index (χ0) is 24.8. The molecule has 8 heteroatoms. The number of fused-ring (bicyclic) bond motifs is 1. The van der Waals surface area contributed by atoms with Crippen LogP contribution in [0.3, 0.4) is 0 Å². The predicted molar refractivity (Wildman–Crippen MR) is 139 cm³/mol. The lowest BCUT2D eigenvalue weighted by Gasteiger charge is -2.35. The number of imidazole rings is 1. The zero-order valence-corrected chi connectivity index (χ0v) is 21.5. The molecular formula is C27H41N5O3. The van der Waals surface area contributed by atoms with Gasteiger partial charge in [-0.05, 0) is 64.1 Å². The lowest BCUT2D eigenvalue weighted by Crippen LogP contribution is -2.43. The van der Waals surface area contributed by atoms with Crippen LogP contribution in [-0.4, -0.2) is 65.7 Å². The van der Waals surface area contributed by atoms with Crippen LogP contribution in [0.25, 0.3) is 11.0 Å². The van der Waals surface area contributed by atoms with Gasteiger partial charge in [-0.15, -0.1) is 0 Å². The van der Waals surface area contributed by atoms with Crippen LogP contribution >= 0.6 is 0 Å². The predicted octanol–water partition coefficient (Wildman–Crippen LogP) is 4.05. The first-order chi connectivity index (χ1) is 17.0. The fraction of sp³-hybridized carbons (Fsp3) is 0.667. The van der Waals surface area contributed by atoms with E-state index in [-0.39, 0.29) is 17.7 Å². The van der Waals surface area contributed by atoms with Gasteiger partial charge in [-0.1, -0.05) is 19.3 Å². The van der Waals surface area contributed by atoms with Crippen molar-refractivity contribution in [2.75, 3.05) is 38.7 Å². The Bertz CT molecular complexity index is 1010. The van der Waals surface area contributed by atoms with E-state index in [4.69, 9.17) is 4.74 Å². The molecule has 1 aromatic heterocycles. The first kappa shape index (κ1) is 25.6. The maximum Gasteiger partial charge on any atom is 0.253 e. The summed E-state index contributed by atoms with van der Waals surface area (Å²) in [6, 6.07) is 4.20. The molecule has 1 atom stereocenters. The quantitative estimate of drug-likeness (QED) is 0.562. The van der Waals surface area contributed by atoms with Gasteiger partial charge in [0.15, 0.2) is 0 Å². The highest BCUT2D eigenvalue weighted by Gasteiger charge is 2.25. The number of carbonyl (C=O) groups is 2. The number of piperidine rings is 1. The molecule has 2 amide bonds. The Morgan fingerprint density at radius 3 is 2.69 bits per heavy atom. The molecule has 1 aliphatic carbocycles. The Kier molecular flexibility index (Phi) is 8.78. The number of ether oxygens (including phenoxy) is 1. The van der Waals surface area contributed by atoms with Gasteiger partial charge in [0, 0.05) is 44.4 Å². The van der Waals surface area contributed by atoms with Crippen LogP contribution in [0.5, 0.6) is 0 Å². The maximum atomic E-state index is 13.5. The monoisotopic (exact) mass is 483 g/mol. The van der Waals surface area contributed by atoms with Crippen molar-refractivity contribution in [3.8, 4) is 0 Å². The van der Waals surface area contributed by atoms with Gasteiger partial charge < -0.3 is 24.8 Å². The molecule has 2 N–H and O–H groups in total. The molecule has 1 saturated heterocycles. The van der Waals surface area contributed by atoms with Crippen LogP contribution in [0.2, 0.25) is 0 Å². The summed E-state index contributed by atoms with van der Waals surface area (Å²) in [5, 5.41) is 6.26. The van der Waals surface area contributed by atoms with Gasteiger partial charge in [-0.25, -0.2) is 4.98 Å². The summed E-state index contributed by atoms with van der Waals surface area (Å²) in [6.45, 7) is 8.37. The maximum absolute atomic E-state index is 13.5. The minimum atomic E-state index is -0.121. The number of nitrogens with zero attached hydrogens (tertiary/aromatic N) is 3. The fourth-order valence-electron chi connectivity index (χ4n) is 5.49. The van der Waals surface area contributed by atoms with Gasteiger partial charge in [0.05, 0.1) is 29.5 Å². The van der Waals surface area contributed by atoms with Gasteiger partial charge in [0.2, 0.25) is 5.91 Å². The van der Waals surface area contributed by atoms with Crippen LogP contribution in [-0.2, 0) is 16.1 Å². The van der Waals surface area contributed by atoms with Gasteiger partial charge >= 0.3 is 0 Å². The number of methoxy groups -OCH3 is 1. The Labute approximate surface area is 208 Å². The number of aromatic nitrogens is 2. The molecule has 0 unspecified atom stereocenters. The zero-order valence-electron chi connectivity index (χ0n) is 21.5. The minimum absolute atomic E-state index is 0.0465. The Morgan fingerprint density at radius 1 is 1.14 bits per heavy atom. The van der Waals surface area contributed by atoms with Gasteiger partial charge in [-0.3, -0.25) is 9.59 Å². The summed E-state index contributed by atoms with van der Waals surface area (Å²) in [4.78, 5) is 33.4. The highest BCUT2D eigenvalue weighted by molar-refractivity contribution is 6.07. The van der Waals surface area contributed by atoms with E-state index in [0.717, 1.165) is 57.1 Å². The van der Waals surface area contributed by atoms with Crippen molar-refractivity contribution in [3.05, 3.63) is 24.0 Å². The van der Waals surface area contributed by atoms with Crippen LogP contribution in [0, 0.1) is 11.8 Å². The van der Waals surface area contributed by atoms with E-state index in [0.29, 0.717) is 48.4 Å². The fourth-order valence-corrected chi connectivity index (χ4v) is 5.49. The van der Waals surface area contributed by atoms with E-state index < -0.39 is 0 Å². The van der Waals surface area contributed by atoms with Gasteiger partial charge in [-0.2, -0.15) is 0 Å². The average molecular weight is 484 g/mol. The van der Waals surface area contributed by atoms with Crippen molar-refractivity contribution in [1.29, 1.82) is 0 Å². The molecule has 0 bridgehead atoms. The second kappa shape index (κ2) is 12.0. The third kappa shape index (κ3) is 6.41. The largest absolute Gasteiger partial charge is 0.383 e. The summed E-state index contributed by atoms with van der Waals surface area (Å²) < 4.78 is 7.21. The highest BCUT2D eigenvalue weighted by Crippen LogP contribution is 2.28. The standard InChI is InChI=1S/C27H41N5O3/c1-19(2)31-11-7-8-20(17-31)16-28-27(34)23-14-22(30-26(33)21-9-5-4-6-10-21)15-24-25(23)32(18-29-24)12-13-35-3/h14-15,18-21H,4-13,16-17H2,1-3H3,(H,28,34)(H,30,33)/t20-/m0/s1. The van der Waals surface area contributed by atoms with Gasteiger partial charge in [0.1, 0.15) is 0 Å². The lowest BCUT2D eigenvalue weighted by atomic mass is 9.88. The smallest absolute Gasteiger partial charge is 0.253 e. The van der Waals surface area contributed by atoms with Crippen molar-refractivity contribution >= 4 is 28.5 Å². The van der Waals surface area contributed by atoms with E-state index in [1.165, 1.54) is 6.42 Å². The average Bonchev–Trinajstić information content (AvgIpc) is 3.29. The van der Waals surface area contributed by atoms with Crippen LogP contribution < -0.4 is 10.6 Å². The third-order valence-corrected chi connectivity index (χ3v) is 7.57. The molecule has 2 aromatic rings. The van der Waals surface area contributed by atoms with Gasteiger partial charge in [0.25, 0.3) is 5.91 Å². The normalized spacial score (nSPS) is 19.8. The van der Waals surface area contributed by atoms with Crippen molar-refractivity contribution in [2.24, 2.45) is 11.8 Å². The van der Waals surface area contributed by atoms with E-state index in [9.17, 15) is 9.59 Å². The Morgan fingerprint density at radius 2 is 1.94 bits per heavy atom. The molecule has 0 radical (unpaired) electrons. The van der Waals surface area contributed by atoms with Crippen LogP contribution in [0.15, 0.2) is 18.5 Å². The minimum Gasteiger partial charge on any atom is -0.383 e. The van der Waals surface area contributed by atoms with E-state index >= 15 is 0 Å². The lowest BCUT2D eigenvalue weighted by molar-refractivity contribution is -0.120. The Balaban J connectivity index is 1.53. The molecule has 8 nitrogen and oxygen atoms in total. The molecule has 2 fully saturated rings. The molecule has 1 aliphatic heterocycles. The topological polar surface area (TPSA) is 88.5 Å². The molecule has 4 rings (SSSR count). The highest BCUT2D eigenvalue weighted by atomic mass is 16.5. The van der Waals surface area contributed by atoms with E-state index in [1.807, 2.05) is 16.7 Å². The van der Waals surface area contributed by atoms with E-state index in [2.05, 4.69) is 34.4 Å². The SMILES string of the molecule is COCCn1cnc2cc(NC(=O)C3CCCCC3)cc(C(=O)NC[C@@H]3CCCN(C(C)C)C3)c21. The number of rotatable bonds is 9. The summed E-state index contributed by atoms with van der Waals surface area (Å²) in [5.74, 6) is 0.416. The summed E-state index contributed by atoms with van der Waals surface area (Å²) >= 11 is 0. The number of hydrogen-bond acceptors (Lipinski definition) is 5. The molecule has 0 spiro atoms. The number of anilines is 1. The van der Waals surface area contributed by atoms with Crippen LogP contribution in [0.1, 0.15) is 69.2 Å². The first-order valence-electron chi connectivity index (χ1n) is 13.3. The Hall–Kier alpha value is -2.45. The number of likely N-dealkylation sites (tertiary alicyclic amines) is 1. The second-order valence-electron chi connectivity index (χ2n) is 10.5. The van der Waals surface area contributed by atoms with Crippen LogP contribution in [0.4, 0.5) is 5.69 Å². The molecule has 192 valence electrons. The van der Waals surface area contributed by atoms with Crippen molar-refractivity contribution in [1.82, 2.24) is 19.8 Å². The molecule has 2 aliphatic rings. The molecule has 2 heterocycles. The molecule has 1 aromatic carbocycles. The molecule has 35 heavy (non-hydrogen) atoms. The second-order valence-corrected chi connectivity index (χ2v) is 10.5. The summed E-state index contributed by atoms with van der Waals surface area (Å²) in [5.41, 5.74) is 2.67. The third-order valence-electron chi connectivity index (χ3n) is 7.57. The summed E-state index contributed by atoms with van der Waals surface area (Å²) in [7, 11) is 1.66. The number of carbonyl (C=O) groups excluding carboxylic acids is 2. The number of hydrogen-bond donors (Lipinski definition) is 2. The summed E-state index contributed by atoms with van der Waals surface area (Å²) in [6.07, 6.45) is 9.30. The van der Waals surface area contributed by atoms with Crippen molar-refractivity contribution in [3.63, 3.8) is 0 Å². The van der Waals surface area contributed by atoms with Crippen molar-refractivity contribution < 1.29 is 14.3 Å². The van der Waals surface area contributed by atoms with E-state index in [1.54, 1.807) is 13.4 Å². The molecule has 1 saturated carbocycles. The number of nitrogens with one attached hydrogen (secondary N) is 2. The number of benzene rings is 1. The number of amides is 2. The van der Waals surface area contributed by atoms with Crippen molar-refractivity contribution in [2.45, 2.75) is 71.4 Å². The first-order valence-corrected chi connectivity index (χ1v) is 13.3.